The van der Waals surface area contributed by atoms with E-state index in [9.17, 15) is 0 Å². The van der Waals surface area contributed by atoms with E-state index in [0.29, 0.717) is 12.5 Å². The molecule has 0 aliphatic rings. The van der Waals surface area contributed by atoms with Crippen LogP contribution in [0, 0.1) is 0 Å². The number of rotatable bonds is 5. The SMILES string of the molecule is CCOC(=S)CC(CC)c1ccccc1. The summed E-state index contributed by atoms with van der Waals surface area (Å²) in [6.45, 7) is 4.83. The number of benzene rings is 1. The van der Waals surface area contributed by atoms with E-state index in [1.807, 2.05) is 13.0 Å². The number of hydrogen-bond donors (Lipinski definition) is 0. The summed E-state index contributed by atoms with van der Waals surface area (Å²) in [6, 6.07) is 10.5. The first-order chi connectivity index (χ1) is 7.27. The molecule has 1 aromatic rings. The highest BCUT2D eigenvalue weighted by Crippen LogP contribution is 2.23. The number of hydrogen-bond acceptors (Lipinski definition) is 2. The molecule has 1 unspecified atom stereocenters. The molecule has 0 aromatic heterocycles. The predicted octanol–water partition coefficient (Wildman–Crippen LogP) is 3.93. The maximum Gasteiger partial charge on any atom is 0.160 e. The minimum absolute atomic E-state index is 0.491. The van der Waals surface area contributed by atoms with Crippen LogP contribution in [-0.2, 0) is 4.74 Å². The maximum atomic E-state index is 5.33. The number of ether oxygens (including phenoxy) is 1. The van der Waals surface area contributed by atoms with Crippen molar-refractivity contribution in [2.75, 3.05) is 6.61 Å². The van der Waals surface area contributed by atoms with Gasteiger partial charge in [0, 0.05) is 6.42 Å². The van der Waals surface area contributed by atoms with Crippen LogP contribution in [0.2, 0.25) is 0 Å². The van der Waals surface area contributed by atoms with E-state index in [1.54, 1.807) is 0 Å². The van der Waals surface area contributed by atoms with Crippen molar-refractivity contribution >= 4 is 17.3 Å². The summed E-state index contributed by atoms with van der Waals surface area (Å²) in [7, 11) is 0. The lowest BCUT2D eigenvalue weighted by molar-refractivity contribution is 0.323. The molecule has 0 radical (unpaired) electrons. The Morgan fingerprint density at radius 2 is 1.93 bits per heavy atom. The third-order valence-corrected chi connectivity index (χ3v) is 2.77. The quantitative estimate of drug-likeness (QED) is 0.698. The van der Waals surface area contributed by atoms with Gasteiger partial charge in [0.15, 0.2) is 5.05 Å². The van der Waals surface area contributed by atoms with Crippen molar-refractivity contribution in [2.45, 2.75) is 32.6 Å². The van der Waals surface area contributed by atoms with Gasteiger partial charge in [-0.3, -0.25) is 0 Å². The van der Waals surface area contributed by atoms with E-state index in [1.165, 1.54) is 5.56 Å². The van der Waals surface area contributed by atoms with Crippen molar-refractivity contribution in [3.63, 3.8) is 0 Å². The number of thiocarbonyl (C=S) groups is 1. The lowest BCUT2D eigenvalue weighted by Crippen LogP contribution is -2.08. The van der Waals surface area contributed by atoms with Gasteiger partial charge >= 0.3 is 0 Å². The second-order valence-electron chi connectivity index (χ2n) is 3.53. The monoisotopic (exact) mass is 222 g/mol. The third kappa shape index (κ3) is 4.00. The standard InChI is InChI=1S/C13H18OS/c1-3-11(10-13(15)14-4-2)12-8-6-5-7-9-12/h5-9,11H,3-4,10H2,1-2H3. The van der Waals surface area contributed by atoms with Gasteiger partial charge in [0.25, 0.3) is 0 Å². The van der Waals surface area contributed by atoms with E-state index in [0.717, 1.165) is 17.9 Å². The molecule has 0 saturated carbocycles. The van der Waals surface area contributed by atoms with Crippen LogP contribution in [0.3, 0.4) is 0 Å². The predicted molar refractivity (Wildman–Crippen MR) is 68.3 cm³/mol. The van der Waals surface area contributed by atoms with Crippen LogP contribution in [0.4, 0.5) is 0 Å². The van der Waals surface area contributed by atoms with Gasteiger partial charge in [-0.25, -0.2) is 0 Å². The zero-order valence-corrected chi connectivity index (χ0v) is 10.2. The van der Waals surface area contributed by atoms with E-state index >= 15 is 0 Å². The Hall–Kier alpha value is -0.890. The summed E-state index contributed by atoms with van der Waals surface area (Å²) in [5.41, 5.74) is 1.35. The molecule has 1 nitrogen and oxygen atoms in total. The molecule has 82 valence electrons. The molecule has 1 aromatic carbocycles. The Bertz CT molecular complexity index is 295. The highest BCUT2D eigenvalue weighted by atomic mass is 32.1. The van der Waals surface area contributed by atoms with Crippen LogP contribution in [0.25, 0.3) is 0 Å². The second-order valence-corrected chi connectivity index (χ2v) is 3.98. The molecule has 0 aliphatic heterocycles. The molecular formula is C13H18OS. The summed E-state index contributed by atoms with van der Waals surface area (Å²) in [6.07, 6.45) is 1.95. The van der Waals surface area contributed by atoms with Crippen LogP contribution in [0.15, 0.2) is 30.3 Å². The van der Waals surface area contributed by atoms with Crippen molar-refractivity contribution in [3.8, 4) is 0 Å². The third-order valence-electron chi connectivity index (χ3n) is 2.48. The Labute approximate surface area is 97.5 Å². The highest BCUT2D eigenvalue weighted by Gasteiger charge is 2.11. The average molecular weight is 222 g/mol. The Kier molecular flexibility index (Phi) is 5.33. The molecule has 0 heterocycles. The summed E-state index contributed by atoms with van der Waals surface area (Å²) in [4.78, 5) is 0. The summed E-state index contributed by atoms with van der Waals surface area (Å²) in [5, 5.41) is 0.730. The van der Waals surface area contributed by atoms with Gasteiger partial charge in [0.05, 0.1) is 6.61 Å². The Balaban J connectivity index is 2.61. The minimum Gasteiger partial charge on any atom is -0.487 e. The van der Waals surface area contributed by atoms with Gasteiger partial charge in [0.2, 0.25) is 0 Å². The fraction of sp³-hybridized carbons (Fsp3) is 0.462. The first-order valence-electron chi connectivity index (χ1n) is 5.48. The van der Waals surface area contributed by atoms with Gasteiger partial charge < -0.3 is 4.74 Å². The molecule has 1 rings (SSSR count). The van der Waals surface area contributed by atoms with Gasteiger partial charge in [0.1, 0.15) is 0 Å². The van der Waals surface area contributed by atoms with Gasteiger partial charge in [-0.1, -0.05) is 37.3 Å². The molecule has 0 aliphatic carbocycles. The van der Waals surface area contributed by atoms with Crippen LogP contribution in [0.1, 0.15) is 38.2 Å². The fourth-order valence-corrected chi connectivity index (χ4v) is 1.96. The first kappa shape index (κ1) is 12.2. The van der Waals surface area contributed by atoms with Crippen LogP contribution in [-0.4, -0.2) is 11.7 Å². The van der Waals surface area contributed by atoms with Gasteiger partial charge in [-0.15, -0.1) is 0 Å². The van der Waals surface area contributed by atoms with Crippen molar-refractivity contribution in [3.05, 3.63) is 35.9 Å². The Morgan fingerprint density at radius 3 is 2.47 bits per heavy atom. The van der Waals surface area contributed by atoms with Gasteiger partial charge in [-0.05, 0) is 37.0 Å². The molecule has 0 spiro atoms. The van der Waals surface area contributed by atoms with Crippen LogP contribution in [0.5, 0.6) is 0 Å². The zero-order chi connectivity index (χ0) is 11.1. The van der Waals surface area contributed by atoms with Crippen molar-refractivity contribution in [1.29, 1.82) is 0 Å². The average Bonchev–Trinajstić information content (AvgIpc) is 2.27. The highest BCUT2D eigenvalue weighted by molar-refractivity contribution is 7.80. The van der Waals surface area contributed by atoms with E-state index in [2.05, 4.69) is 31.2 Å². The molecule has 15 heavy (non-hydrogen) atoms. The van der Waals surface area contributed by atoms with Crippen LogP contribution >= 0.6 is 12.2 Å². The molecule has 0 fully saturated rings. The fourth-order valence-electron chi connectivity index (χ4n) is 1.64. The normalized spacial score (nSPS) is 12.1. The smallest absolute Gasteiger partial charge is 0.160 e. The lowest BCUT2D eigenvalue weighted by Gasteiger charge is -2.15. The van der Waals surface area contributed by atoms with E-state index < -0.39 is 0 Å². The van der Waals surface area contributed by atoms with E-state index in [-0.39, 0.29) is 0 Å². The zero-order valence-electron chi connectivity index (χ0n) is 9.40. The maximum absolute atomic E-state index is 5.33. The first-order valence-corrected chi connectivity index (χ1v) is 5.89. The largest absolute Gasteiger partial charge is 0.487 e. The molecule has 0 bridgehead atoms. The molecule has 0 N–H and O–H groups in total. The summed E-state index contributed by atoms with van der Waals surface area (Å²) >= 11 is 5.17. The van der Waals surface area contributed by atoms with E-state index in [4.69, 9.17) is 17.0 Å². The minimum atomic E-state index is 0.491. The van der Waals surface area contributed by atoms with Crippen molar-refractivity contribution < 1.29 is 4.74 Å². The summed E-state index contributed by atoms with van der Waals surface area (Å²) < 4.78 is 5.33. The second kappa shape index (κ2) is 6.57. The molecule has 2 heteroatoms. The molecular weight excluding hydrogens is 204 g/mol. The Morgan fingerprint density at radius 1 is 1.27 bits per heavy atom. The van der Waals surface area contributed by atoms with Crippen LogP contribution < -0.4 is 0 Å². The molecule has 0 saturated heterocycles. The van der Waals surface area contributed by atoms with Crippen molar-refractivity contribution in [2.24, 2.45) is 0 Å². The van der Waals surface area contributed by atoms with Gasteiger partial charge in [-0.2, -0.15) is 0 Å². The van der Waals surface area contributed by atoms with Crippen molar-refractivity contribution in [1.82, 2.24) is 0 Å². The molecule has 1 atom stereocenters. The topological polar surface area (TPSA) is 9.23 Å². The molecule has 0 amide bonds. The lowest BCUT2D eigenvalue weighted by atomic mass is 9.94. The summed E-state index contributed by atoms with van der Waals surface area (Å²) in [5.74, 6) is 0.491.